The van der Waals surface area contributed by atoms with Crippen molar-refractivity contribution in [2.24, 2.45) is 0 Å². The maximum Gasteiger partial charge on any atom is 0.272 e. The Balaban J connectivity index is 2.08. The van der Waals surface area contributed by atoms with Crippen LogP contribution in [0.4, 0.5) is 5.69 Å². The number of aromatic nitrogens is 1. The first kappa shape index (κ1) is 13.5. The molecule has 0 radical (unpaired) electrons. The van der Waals surface area contributed by atoms with Gasteiger partial charge in [-0.1, -0.05) is 18.2 Å². The molecule has 102 valence electrons. The number of nitrogens with one attached hydrogen (secondary N) is 1. The molecule has 4 nitrogen and oxygen atoms in total. The zero-order valence-electron chi connectivity index (χ0n) is 10.1. The van der Waals surface area contributed by atoms with Crippen LogP contribution in [0.25, 0.3) is 10.9 Å². The van der Waals surface area contributed by atoms with Crippen molar-refractivity contribution < 1.29 is 8.42 Å². The number of nitrogens with zero attached hydrogens (tertiary/aromatic N) is 1. The first-order chi connectivity index (χ1) is 9.58. The third kappa shape index (κ3) is 2.44. The minimum Gasteiger partial charge on any atom is -0.277 e. The molecule has 0 atom stereocenters. The lowest BCUT2D eigenvalue weighted by atomic mass is 10.2. The molecule has 0 saturated heterocycles. The highest BCUT2D eigenvalue weighted by Gasteiger charge is 2.20. The van der Waals surface area contributed by atoms with Gasteiger partial charge in [0.15, 0.2) is 4.21 Å². The first-order valence-corrected chi connectivity index (χ1v) is 8.83. The Bertz CT molecular complexity index is 869. The molecule has 0 saturated carbocycles. The molecule has 0 aliphatic heterocycles. The van der Waals surface area contributed by atoms with Gasteiger partial charge in [-0.2, -0.15) is 0 Å². The highest BCUT2D eigenvalue weighted by atomic mass is 79.9. The molecule has 0 aliphatic rings. The topological polar surface area (TPSA) is 59.1 Å². The van der Waals surface area contributed by atoms with E-state index in [0.717, 1.165) is 16.7 Å². The highest BCUT2D eigenvalue weighted by Crippen LogP contribution is 2.30. The number of benzene rings is 1. The van der Waals surface area contributed by atoms with Crippen LogP contribution in [-0.2, 0) is 10.0 Å². The van der Waals surface area contributed by atoms with E-state index in [1.807, 2.05) is 18.2 Å². The summed E-state index contributed by atoms with van der Waals surface area (Å²) in [6.45, 7) is 0. The fraction of sp³-hybridized carbons (Fsp3) is 0. The van der Waals surface area contributed by atoms with Crippen molar-refractivity contribution in [3.05, 3.63) is 52.4 Å². The van der Waals surface area contributed by atoms with Crippen molar-refractivity contribution in [2.45, 2.75) is 4.21 Å². The van der Waals surface area contributed by atoms with Gasteiger partial charge < -0.3 is 0 Å². The Morgan fingerprint density at radius 1 is 1.15 bits per heavy atom. The van der Waals surface area contributed by atoms with E-state index in [9.17, 15) is 8.42 Å². The van der Waals surface area contributed by atoms with E-state index >= 15 is 0 Å². The van der Waals surface area contributed by atoms with Crippen molar-refractivity contribution >= 4 is 53.9 Å². The summed E-state index contributed by atoms with van der Waals surface area (Å²) in [6.07, 6.45) is 1.64. The van der Waals surface area contributed by atoms with Gasteiger partial charge in [-0.15, -0.1) is 11.3 Å². The maximum atomic E-state index is 12.4. The second-order valence-electron chi connectivity index (χ2n) is 4.04. The predicted octanol–water partition coefficient (Wildman–Crippen LogP) is 3.86. The lowest BCUT2D eigenvalue weighted by Crippen LogP contribution is -2.12. The van der Waals surface area contributed by atoms with Crippen LogP contribution in [0, 0.1) is 0 Å². The number of hydrogen-bond donors (Lipinski definition) is 1. The summed E-state index contributed by atoms with van der Waals surface area (Å²) in [7, 11) is -3.61. The standard InChI is InChI=1S/C13H9BrN2O2S2/c14-10-6-8-19-13(10)20(17,18)16-11-5-1-3-9-4-2-7-15-12(9)11/h1-8,16H. The van der Waals surface area contributed by atoms with Gasteiger partial charge in [0.25, 0.3) is 10.0 Å². The summed E-state index contributed by atoms with van der Waals surface area (Å²) >= 11 is 4.40. The van der Waals surface area contributed by atoms with Gasteiger partial charge in [-0.3, -0.25) is 9.71 Å². The minimum atomic E-state index is -3.61. The summed E-state index contributed by atoms with van der Waals surface area (Å²) in [6, 6.07) is 10.8. The second kappa shape index (κ2) is 5.16. The molecule has 1 aromatic carbocycles. The Hall–Kier alpha value is -1.44. The maximum absolute atomic E-state index is 12.4. The Labute approximate surface area is 128 Å². The van der Waals surface area contributed by atoms with E-state index < -0.39 is 10.0 Å². The monoisotopic (exact) mass is 368 g/mol. The molecule has 2 aromatic heterocycles. The zero-order chi connectivity index (χ0) is 14.2. The van der Waals surface area contributed by atoms with Crippen LogP contribution in [0.1, 0.15) is 0 Å². The quantitative estimate of drug-likeness (QED) is 0.763. The average molecular weight is 369 g/mol. The number of para-hydroxylation sites is 1. The molecule has 20 heavy (non-hydrogen) atoms. The van der Waals surface area contributed by atoms with Crippen LogP contribution in [0.3, 0.4) is 0 Å². The van der Waals surface area contributed by atoms with Gasteiger partial charge in [0.2, 0.25) is 0 Å². The van der Waals surface area contributed by atoms with Gasteiger partial charge in [0.05, 0.1) is 11.2 Å². The average Bonchev–Trinajstić information content (AvgIpc) is 2.86. The molecule has 0 unspecified atom stereocenters. The smallest absolute Gasteiger partial charge is 0.272 e. The van der Waals surface area contributed by atoms with Gasteiger partial charge >= 0.3 is 0 Å². The normalized spacial score (nSPS) is 11.7. The van der Waals surface area contributed by atoms with E-state index in [1.165, 1.54) is 0 Å². The second-order valence-corrected chi connectivity index (χ2v) is 7.69. The molecule has 0 amide bonds. The third-order valence-electron chi connectivity index (χ3n) is 2.71. The zero-order valence-corrected chi connectivity index (χ0v) is 13.3. The van der Waals surface area contributed by atoms with Crippen molar-refractivity contribution in [2.75, 3.05) is 4.72 Å². The molecule has 3 aromatic rings. The van der Waals surface area contributed by atoms with Gasteiger partial charge in [0.1, 0.15) is 0 Å². The van der Waals surface area contributed by atoms with E-state index in [4.69, 9.17) is 0 Å². The lowest BCUT2D eigenvalue weighted by molar-refractivity contribution is 0.603. The van der Waals surface area contributed by atoms with E-state index in [0.29, 0.717) is 15.7 Å². The molecular weight excluding hydrogens is 360 g/mol. The Morgan fingerprint density at radius 2 is 1.95 bits per heavy atom. The number of pyridine rings is 1. The SMILES string of the molecule is O=S(=O)(Nc1cccc2cccnc12)c1sccc1Br. The number of halogens is 1. The van der Waals surface area contributed by atoms with E-state index in [1.54, 1.807) is 29.8 Å². The van der Waals surface area contributed by atoms with Crippen LogP contribution >= 0.6 is 27.3 Å². The van der Waals surface area contributed by atoms with Crippen LogP contribution in [0.2, 0.25) is 0 Å². The van der Waals surface area contributed by atoms with Gasteiger partial charge in [-0.25, -0.2) is 8.42 Å². The molecule has 2 heterocycles. The molecule has 3 rings (SSSR count). The largest absolute Gasteiger partial charge is 0.277 e. The van der Waals surface area contributed by atoms with Crippen molar-refractivity contribution in [3.8, 4) is 0 Å². The first-order valence-electron chi connectivity index (χ1n) is 5.67. The van der Waals surface area contributed by atoms with E-state index in [-0.39, 0.29) is 4.21 Å². The number of anilines is 1. The van der Waals surface area contributed by atoms with Gasteiger partial charge in [0, 0.05) is 16.1 Å². The predicted molar refractivity (Wildman–Crippen MR) is 84.6 cm³/mol. The Morgan fingerprint density at radius 3 is 2.70 bits per heavy atom. The minimum absolute atomic E-state index is 0.255. The van der Waals surface area contributed by atoms with Crippen LogP contribution in [-0.4, -0.2) is 13.4 Å². The number of rotatable bonds is 3. The van der Waals surface area contributed by atoms with Crippen molar-refractivity contribution in [1.82, 2.24) is 4.98 Å². The number of thiophene rings is 1. The Kier molecular flexibility index (Phi) is 3.49. The molecular formula is C13H9BrN2O2S2. The van der Waals surface area contributed by atoms with Gasteiger partial charge in [-0.05, 0) is 39.5 Å². The molecule has 0 spiro atoms. The summed E-state index contributed by atoms with van der Waals surface area (Å²) in [5.74, 6) is 0. The summed E-state index contributed by atoms with van der Waals surface area (Å²) in [4.78, 5) is 4.23. The molecule has 1 N–H and O–H groups in total. The molecule has 0 bridgehead atoms. The van der Waals surface area contributed by atoms with Crippen LogP contribution in [0.15, 0.2) is 56.7 Å². The third-order valence-corrected chi connectivity index (χ3v) is 6.74. The van der Waals surface area contributed by atoms with Crippen molar-refractivity contribution in [1.29, 1.82) is 0 Å². The van der Waals surface area contributed by atoms with Crippen molar-refractivity contribution in [3.63, 3.8) is 0 Å². The summed E-state index contributed by atoms with van der Waals surface area (Å²) in [5.41, 5.74) is 1.11. The summed E-state index contributed by atoms with van der Waals surface area (Å²) in [5, 5.41) is 2.61. The molecule has 7 heteroatoms. The van der Waals surface area contributed by atoms with Crippen LogP contribution < -0.4 is 4.72 Å². The fourth-order valence-corrected chi connectivity index (χ4v) is 5.25. The van der Waals surface area contributed by atoms with Crippen LogP contribution in [0.5, 0.6) is 0 Å². The summed E-state index contributed by atoms with van der Waals surface area (Å²) < 4.78 is 28.1. The number of hydrogen-bond acceptors (Lipinski definition) is 4. The lowest BCUT2D eigenvalue weighted by Gasteiger charge is -2.09. The number of sulfonamides is 1. The number of fused-ring (bicyclic) bond motifs is 1. The van der Waals surface area contributed by atoms with E-state index in [2.05, 4.69) is 25.6 Å². The highest BCUT2D eigenvalue weighted by molar-refractivity contribution is 9.10. The fourth-order valence-electron chi connectivity index (χ4n) is 1.85. The molecule has 0 fully saturated rings. The molecule has 0 aliphatic carbocycles.